The Kier molecular flexibility index (Phi) is 6.64. The fourth-order valence-electron chi connectivity index (χ4n) is 2.01. The highest BCUT2D eigenvalue weighted by atomic mass is 19.4. The summed E-state index contributed by atoms with van der Waals surface area (Å²) in [5.41, 5.74) is -0.466. The maximum atomic E-state index is 13.7. The zero-order valence-corrected chi connectivity index (χ0v) is 13.6. The van der Waals surface area contributed by atoms with E-state index in [-0.39, 0.29) is 0 Å². The molecule has 29 heavy (non-hydrogen) atoms. The van der Waals surface area contributed by atoms with Gasteiger partial charge in [0.2, 0.25) is 0 Å². The van der Waals surface area contributed by atoms with Crippen molar-refractivity contribution in [1.82, 2.24) is 0 Å². The second-order valence-electron chi connectivity index (χ2n) is 5.78. The first-order chi connectivity index (χ1) is 12.9. The van der Waals surface area contributed by atoms with Crippen LogP contribution >= 0.6 is 0 Å². The topological polar surface area (TPSA) is 37.3 Å². The minimum Gasteiger partial charge on any atom is -0.386 e. The molecule has 0 saturated heterocycles. The van der Waals surface area contributed by atoms with Gasteiger partial charge in [0.25, 0.3) is 0 Å². The molecule has 0 spiro atoms. The van der Waals surface area contributed by atoms with Crippen LogP contribution in [0.25, 0.3) is 0 Å². The SMILES string of the molecule is O=C(C[C@H](O)C(F)(F)C(F)(F)C(F)(F)C(F)(F)C(F)(F)C(F)F)c1ccccc1. The molecule has 0 aliphatic rings. The highest BCUT2D eigenvalue weighted by Crippen LogP contribution is 2.58. The Morgan fingerprint density at radius 1 is 0.759 bits per heavy atom. The van der Waals surface area contributed by atoms with Crippen LogP contribution in [0.15, 0.2) is 30.3 Å². The minimum atomic E-state index is -7.75. The first-order valence-electron chi connectivity index (χ1n) is 7.29. The zero-order valence-electron chi connectivity index (χ0n) is 13.6. The van der Waals surface area contributed by atoms with Gasteiger partial charge in [0, 0.05) is 12.0 Å². The number of Topliss-reactive ketones (excluding diaryl/α,β-unsaturated/α-hetero) is 1. The van der Waals surface area contributed by atoms with Crippen LogP contribution in [0.2, 0.25) is 0 Å². The van der Waals surface area contributed by atoms with Crippen molar-refractivity contribution >= 4 is 5.78 Å². The lowest BCUT2D eigenvalue weighted by atomic mass is 9.90. The number of rotatable bonds is 9. The largest absolute Gasteiger partial charge is 0.386 e. The van der Waals surface area contributed by atoms with E-state index in [1.54, 1.807) is 0 Å². The first-order valence-corrected chi connectivity index (χ1v) is 7.29. The fraction of sp³-hybridized carbons (Fsp3) is 0.533. The van der Waals surface area contributed by atoms with E-state index in [1.807, 2.05) is 0 Å². The number of hydrogen-bond donors (Lipinski definition) is 1. The third-order valence-electron chi connectivity index (χ3n) is 3.79. The predicted octanol–water partition coefficient (Wildman–Crippen LogP) is 5.06. The molecule has 0 bridgehead atoms. The molecule has 0 aliphatic heterocycles. The van der Waals surface area contributed by atoms with E-state index in [4.69, 9.17) is 5.11 Å². The average molecular weight is 450 g/mol. The standard InChI is InChI=1S/C15H10F12O2/c16-10(17)12(20,21)14(24,25)15(26,27)13(22,23)11(18,19)9(29)6-8(28)7-4-2-1-3-5-7/h1-5,9-10,29H,6H2/t9-/m0/s1. The number of ketones is 1. The van der Waals surface area contributed by atoms with Crippen LogP contribution in [0.1, 0.15) is 16.8 Å². The molecule has 1 N–H and O–H groups in total. The molecule has 0 heterocycles. The van der Waals surface area contributed by atoms with Gasteiger partial charge in [-0.3, -0.25) is 4.79 Å². The van der Waals surface area contributed by atoms with E-state index >= 15 is 0 Å². The van der Waals surface area contributed by atoms with Gasteiger partial charge < -0.3 is 5.11 Å². The summed E-state index contributed by atoms with van der Waals surface area (Å²) in [7, 11) is 0. The van der Waals surface area contributed by atoms with Gasteiger partial charge in [-0.15, -0.1) is 0 Å². The van der Waals surface area contributed by atoms with Gasteiger partial charge in [-0.05, 0) is 0 Å². The molecule has 1 aromatic rings. The summed E-state index contributed by atoms with van der Waals surface area (Å²) in [5.74, 6) is -38.1. The molecule has 0 aromatic heterocycles. The summed E-state index contributed by atoms with van der Waals surface area (Å²) in [6.07, 6.45) is -11.7. The lowest BCUT2D eigenvalue weighted by molar-refractivity contribution is -0.419. The van der Waals surface area contributed by atoms with Gasteiger partial charge in [-0.2, -0.15) is 43.9 Å². The van der Waals surface area contributed by atoms with Crippen LogP contribution in [0.3, 0.4) is 0 Å². The number of alkyl halides is 12. The zero-order chi connectivity index (χ0) is 23.1. The van der Waals surface area contributed by atoms with Crippen molar-refractivity contribution < 1.29 is 62.6 Å². The molecular weight excluding hydrogens is 440 g/mol. The van der Waals surface area contributed by atoms with Crippen molar-refractivity contribution in [3.8, 4) is 0 Å². The maximum absolute atomic E-state index is 13.7. The summed E-state index contributed by atoms with van der Waals surface area (Å²) in [5, 5.41) is 9.12. The van der Waals surface area contributed by atoms with Crippen LogP contribution in [0.4, 0.5) is 52.7 Å². The van der Waals surface area contributed by atoms with E-state index in [2.05, 4.69) is 0 Å². The summed E-state index contributed by atoms with van der Waals surface area (Å²) >= 11 is 0. The number of benzene rings is 1. The van der Waals surface area contributed by atoms with Crippen molar-refractivity contribution in [3.63, 3.8) is 0 Å². The summed E-state index contributed by atoms with van der Waals surface area (Å²) in [6.45, 7) is 0. The molecule has 166 valence electrons. The molecule has 0 radical (unpaired) electrons. The smallest absolute Gasteiger partial charge is 0.384 e. The molecule has 1 rings (SSSR count). The van der Waals surface area contributed by atoms with E-state index in [0.29, 0.717) is 0 Å². The normalized spacial score (nSPS) is 15.5. The number of carbonyl (C=O) groups excluding carboxylic acids is 1. The predicted molar refractivity (Wildman–Crippen MR) is 72.1 cm³/mol. The third-order valence-corrected chi connectivity index (χ3v) is 3.79. The van der Waals surface area contributed by atoms with Crippen molar-refractivity contribution in [3.05, 3.63) is 35.9 Å². The number of hydrogen-bond acceptors (Lipinski definition) is 2. The number of carbonyl (C=O) groups is 1. The average Bonchev–Trinajstić information content (AvgIpc) is 2.61. The quantitative estimate of drug-likeness (QED) is 0.422. The molecular formula is C15H10F12O2. The maximum Gasteiger partial charge on any atom is 0.384 e. The molecule has 0 amide bonds. The Bertz CT molecular complexity index is 717. The molecule has 14 heteroatoms. The van der Waals surface area contributed by atoms with Crippen LogP contribution < -0.4 is 0 Å². The minimum absolute atomic E-state index is 0.466. The van der Waals surface area contributed by atoms with E-state index in [9.17, 15) is 57.5 Å². The molecule has 1 aromatic carbocycles. The van der Waals surface area contributed by atoms with Gasteiger partial charge in [0.1, 0.15) is 6.10 Å². The molecule has 0 saturated carbocycles. The van der Waals surface area contributed by atoms with E-state index < -0.39 is 59.9 Å². The van der Waals surface area contributed by atoms with Crippen molar-refractivity contribution in [2.45, 2.75) is 48.6 Å². The van der Waals surface area contributed by atoms with Crippen molar-refractivity contribution in [1.29, 1.82) is 0 Å². The van der Waals surface area contributed by atoms with Gasteiger partial charge in [0.15, 0.2) is 5.78 Å². The Morgan fingerprint density at radius 2 is 1.17 bits per heavy atom. The summed E-state index contributed by atoms with van der Waals surface area (Å²) in [4.78, 5) is 11.6. The van der Waals surface area contributed by atoms with Gasteiger partial charge in [0.05, 0.1) is 0 Å². The highest BCUT2D eigenvalue weighted by Gasteiger charge is 2.88. The third kappa shape index (κ3) is 3.90. The van der Waals surface area contributed by atoms with Crippen LogP contribution in [0.5, 0.6) is 0 Å². The van der Waals surface area contributed by atoms with Crippen molar-refractivity contribution in [2.75, 3.05) is 0 Å². The molecule has 0 aliphatic carbocycles. The Hall–Kier alpha value is -1.99. The molecule has 0 fully saturated rings. The number of aliphatic hydroxyl groups excluding tert-OH is 1. The van der Waals surface area contributed by atoms with E-state index in [0.717, 1.165) is 24.3 Å². The Labute approximate surface area is 154 Å². The van der Waals surface area contributed by atoms with Crippen LogP contribution in [-0.2, 0) is 0 Å². The van der Waals surface area contributed by atoms with E-state index in [1.165, 1.54) is 6.07 Å². The van der Waals surface area contributed by atoms with Crippen LogP contribution in [0, 0.1) is 0 Å². The van der Waals surface area contributed by atoms with Gasteiger partial charge >= 0.3 is 36.0 Å². The monoisotopic (exact) mass is 450 g/mol. The number of aliphatic hydroxyl groups is 1. The Balaban J connectivity index is 3.27. The summed E-state index contributed by atoms with van der Waals surface area (Å²) < 4.78 is 157. The van der Waals surface area contributed by atoms with Crippen molar-refractivity contribution in [2.24, 2.45) is 0 Å². The molecule has 0 unspecified atom stereocenters. The lowest BCUT2D eigenvalue weighted by Crippen LogP contribution is -2.70. The first kappa shape index (κ1) is 25.0. The Morgan fingerprint density at radius 3 is 1.59 bits per heavy atom. The second-order valence-corrected chi connectivity index (χ2v) is 5.78. The van der Waals surface area contributed by atoms with Gasteiger partial charge in [-0.25, -0.2) is 8.78 Å². The van der Waals surface area contributed by atoms with Gasteiger partial charge in [-0.1, -0.05) is 30.3 Å². The molecule has 2 nitrogen and oxygen atoms in total. The fourth-order valence-corrected chi connectivity index (χ4v) is 2.01. The van der Waals surface area contributed by atoms with Crippen LogP contribution in [-0.4, -0.2) is 53.0 Å². The number of halogens is 12. The highest BCUT2D eigenvalue weighted by molar-refractivity contribution is 5.96. The molecule has 1 atom stereocenters. The lowest BCUT2D eigenvalue weighted by Gasteiger charge is -2.40. The summed E-state index contributed by atoms with van der Waals surface area (Å²) in [6, 6.07) is 5.53. The second kappa shape index (κ2) is 7.69.